The second-order valence-electron chi connectivity index (χ2n) is 7.52. The first-order valence-electron chi connectivity index (χ1n) is 9.52. The van der Waals surface area contributed by atoms with Gasteiger partial charge in [0.2, 0.25) is 0 Å². The minimum absolute atomic E-state index is 0.0784. The van der Waals surface area contributed by atoms with Crippen molar-refractivity contribution in [1.82, 2.24) is 4.90 Å². The van der Waals surface area contributed by atoms with Gasteiger partial charge in [0.25, 0.3) is 0 Å². The highest BCUT2D eigenvalue weighted by atomic mass is 16.6. The molecule has 0 saturated carbocycles. The number of hydrogen-bond donors (Lipinski definition) is 1. The summed E-state index contributed by atoms with van der Waals surface area (Å²) in [5, 5.41) is 9.59. The Balaban J connectivity index is 1.44. The normalized spacial score (nSPS) is 17.9. The number of amides is 1. The Morgan fingerprint density at radius 1 is 1.11 bits per heavy atom. The lowest BCUT2D eigenvalue weighted by molar-refractivity contribution is 0.0562. The van der Waals surface area contributed by atoms with Crippen molar-refractivity contribution in [2.24, 2.45) is 5.41 Å². The Labute approximate surface area is 160 Å². The quantitative estimate of drug-likeness (QED) is 0.829. The number of carbonyl (C=O) groups is 1. The lowest BCUT2D eigenvalue weighted by atomic mass is 9.79. The number of nitrogens with zero attached hydrogens (tertiary/aromatic N) is 1. The summed E-state index contributed by atoms with van der Waals surface area (Å²) in [6.07, 6.45) is 2.99. The highest BCUT2D eigenvalue weighted by Crippen LogP contribution is 2.44. The van der Waals surface area contributed by atoms with Crippen LogP contribution in [0.25, 0.3) is 11.1 Å². The highest BCUT2D eigenvalue weighted by Gasteiger charge is 2.34. The topological polar surface area (TPSA) is 49.8 Å². The average molecular weight is 363 g/mol. The number of likely N-dealkylation sites (tertiary alicyclic amines) is 1. The number of aliphatic hydroxyl groups is 1. The summed E-state index contributed by atoms with van der Waals surface area (Å²) >= 11 is 0. The van der Waals surface area contributed by atoms with Gasteiger partial charge in [-0.25, -0.2) is 4.79 Å². The number of rotatable bonds is 4. The summed E-state index contributed by atoms with van der Waals surface area (Å²) in [4.78, 5) is 14.3. The highest BCUT2D eigenvalue weighted by molar-refractivity contribution is 5.79. The van der Waals surface area contributed by atoms with E-state index in [1.807, 2.05) is 30.3 Å². The molecule has 140 valence electrons. The van der Waals surface area contributed by atoms with Crippen LogP contribution >= 0.6 is 0 Å². The summed E-state index contributed by atoms with van der Waals surface area (Å²) in [6.45, 7) is 5.43. The lowest BCUT2D eigenvalue weighted by Gasteiger charge is -2.38. The molecule has 2 aromatic carbocycles. The predicted octanol–water partition coefficient (Wildman–Crippen LogP) is 4.20. The second kappa shape index (κ2) is 7.20. The van der Waals surface area contributed by atoms with E-state index in [0.29, 0.717) is 19.7 Å². The van der Waals surface area contributed by atoms with Crippen molar-refractivity contribution < 1.29 is 14.6 Å². The van der Waals surface area contributed by atoms with Crippen LogP contribution in [0.15, 0.2) is 61.2 Å². The third kappa shape index (κ3) is 3.15. The Hall–Kier alpha value is -2.59. The van der Waals surface area contributed by atoms with E-state index >= 15 is 0 Å². The molecule has 1 aliphatic heterocycles. The van der Waals surface area contributed by atoms with E-state index in [2.05, 4.69) is 30.8 Å². The standard InChI is InChI=1S/C23H25NO3/c1-2-23(16-25)11-13-24(14-12-23)22(26)27-15-21-19-9-5-3-7-17(19)18-8-4-6-10-20(18)21/h2-10,21,25H,1,11-16H2. The van der Waals surface area contributed by atoms with Gasteiger partial charge in [-0.1, -0.05) is 54.6 Å². The summed E-state index contributed by atoms with van der Waals surface area (Å²) < 4.78 is 5.71. The Bertz CT molecular complexity index is 807. The molecule has 0 atom stereocenters. The number of hydrogen-bond acceptors (Lipinski definition) is 3. The molecule has 1 saturated heterocycles. The van der Waals surface area contributed by atoms with Crippen LogP contribution < -0.4 is 0 Å². The fourth-order valence-electron chi connectivity index (χ4n) is 4.25. The molecule has 27 heavy (non-hydrogen) atoms. The van der Waals surface area contributed by atoms with E-state index < -0.39 is 0 Å². The molecule has 0 radical (unpaired) electrons. The number of aliphatic hydroxyl groups excluding tert-OH is 1. The minimum atomic E-state index is -0.271. The molecule has 1 amide bonds. The summed E-state index contributed by atoms with van der Waals surface area (Å²) in [5.74, 6) is 0.0795. The van der Waals surface area contributed by atoms with Crippen molar-refractivity contribution in [2.75, 3.05) is 26.3 Å². The third-order valence-electron chi connectivity index (χ3n) is 6.10. The average Bonchev–Trinajstić information content (AvgIpc) is 3.06. The molecule has 1 heterocycles. The first-order chi connectivity index (χ1) is 13.2. The molecule has 4 rings (SSSR count). The molecule has 2 aromatic rings. The molecular weight excluding hydrogens is 338 g/mol. The number of carbonyl (C=O) groups excluding carboxylic acids is 1. The van der Waals surface area contributed by atoms with Crippen LogP contribution in [0.3, 0.4) is 0 Å². The van der Waals surface area contributed by atoms with Crippen molar-refractivity contribution in [3.8, 4) is 11.1 Å². The second-order valence-corrected chi connectivity index (χ2v) is 7.52. The number of ether oxygens (including phenoxy) is 1. The molecule has 4 nitrogen and oxygen atoms in total. The SMILES string of the molecule is C=CC1(CO)CCN(C(=O)OCC2c3ccccc3-c3ccccc32)CC1. The monoisotopic (exact) mass is 363 g/mol. The molecule has 0 bridgehead atoms. The molecule has 1 fully saturated rings. The van der Waals surface area contributed by atoms with Crippen LogP contribution in [-0.2, 0) is 4.74 Å². The maximum Gasteiger partial charge on any atom is 0.409 e. The molecule has 0 unspecified atom stereocenters. The zero-order chi connectivity index (χ0) is 18.9. The smallest absolute Gasteiger partial charge is 0.409 e. The van der Waals surface area contributed by atoms with Crippen LogP contribution in [0.5, 0.6) is 0 Å². The largest absolute Gasteiger partial charge is 0.448 e. The third-order valence-corrected chi connectivity index (χ3v) is 6.10. The molecule has 4 heteroatoms. The molecule has 0 spiro atoms. The maximum absolute atomic E-state index is 12.6. The van der Waals surface area contributed by atoms with Crippen LogP contribution in [-0.4, -0.2) is 42.4 Å². The van der Waals surface area contributed by atoms with Gasteiger partial charge >= 0.3 is 6.09 Å². The Morgan fingerprint density at radius 3 is 2.19 bits per heavy atom. The van der Waals surface area contributed by atoms with E-state index in [1.165, 1.54) is 22.3 Å². The van der Waals surface area contributed by atoms with Crippen LogP contribution in [0.4, 0.5) is 4.79 Å². The molecule has 0 aromatic heterocycles. The van der Waals surface area contributed by atoms with Gasteiger partial charge in [-0.2, -0.15) is 0 Å². The van der Waals surface area contributed by atoms with Crippen molar-refractivity contribution in [2.45, 2.75) is 18.8 Å². The van der Waals surface area contributed by atoms with E-state index in [0.717, 1.165) is 12.8 Å². The van der Waals surface area contributed by atoms with Gasteiger partial charge in [-0.15, -0.1) is 6.58 Å². The van der Waals surface area contributed by atoms with Gasteiger partial charge in [0.1, 0.15) is 6.61 Å². The van der Waals surface area contributed by atoms with Crippen molar-refractivity contribution in [3.05, 3.63) is 72.3 Å². The van der Waals surface area contributed by atoms with Gasteiger partial charge in [0.05, 0.1) is 6.61 Å². The van der Waals surface area contributed by atoms with Gasteiger partial charge in [0, 0.05) is 24.4 Å². The van der Waals surface area contributed by atoms with Crippen LogP contribution in [0, 0.1) is 5.41 Å². The number of fused-ring (bicyclic) bond motifs is 3. The van der Waals surface area contributed by atoms with Gasteiger partial charge in [0.15, 0.2) is 0 Å². The lowest BCUT2D eigenvalue weighted by Crippen LogP contribution is -2.44. The minimum Gasteiger partial charge on any atom is -0.448 e. The predicted molar refractivity (Wildman–Crippen MR) is 106 cm³/mol. The zero-order valence-electron chi connectivity index (χ0n) is 15.4. The van der Waals surface area contributed by atoms with Crippen molar-refractivity contribution in [3.63, 3.8) is 0 Å². The van der Waals surface area contributed by atoms with Gasteiger partial charge in [-0.05, 0) is 35.1 Å². The molecular formula is C23H25NO3. The van der Waals surface area contributed by atoms with E-state index in [1.54, 1.807) is 4.90 Å². The van der Waals surface area contributed by atoms with Gasteiger partial charge in [-0.3, -0.25) is 0 Å². The first kappa shape index (κ1) is 17.8. The van der Waals surface area contributed by atoms with E-state index in [9.17, 15) is 9.90 Å². The van der Waals surface area contributed by atoms with E-state index in [4.69, 9.17) is 4.74 Å². The Kier molecular flexibility index (Phi) is 4.75. The molecule has 2 aliphatic rings. The summed E-state index contributed by atoms with van der Waals surface area (Å²) in [7, 11) is 0. The van der Waals surface area contributed by atoms with Gasteiger partial charge < -0.3 is 14.7 Å². The van der Waals surface area contributed by atoms with E-state index in [-0.39, 0.29) is 24.0 Å². The fourth-order valence-corrected chi connectivity index (χ4v) is 4.25. The maximum atomic E-state index is 12.6. The number of benzene rings is 2. The van der Waals surface area contributed by atoms with Crippen LogP contribution in [0.1, 0.15) is 29.9 Å². The Morgan fingerprint density at radius 2 is 1.67 bits per heavy atom. The zero-order valence-corrected chi connectivity index (χ0v) is 15.4. The summed E-state index contributed by atoms with van der Waals surface area (Å²) in [6, 6.07) is 16.7. The number of piperidine rings is 1. The van der Waals surface area contributed by atoms with Crippen molar-refractivity contribution >= 4 is 6.09 Å². The van der Waals surface area contributed by atoms with Crippen LogP contribution in [0.2, 0.25) is 0 Å². The first-order valence-corrected chi connectivity index (χ1v) is 9.52. The summed E-state index contributed by atoms with van der Waals surface area (Å²) in [5.41, 5.74) is 4.63. The fraction of sp³-hybridized carbons (Fsp3) is 0.348. The van der Waals surface area contributed by atoms with Crippen molar-refractivity contribution in [1.29, 1.82) is 0 Å². The molecule has 1 N–H and O–H groups in total. The molecule has 1 aliphatic carbocycles.